The molecule has 18 heavy (non-hydrogen) atoms. The summed E-state index contributed by atoms with van der Waals surface area (Å²) in [5.74, 6) is 2.27. The molecule has 0 heterocycles. The Morgan fingerprint density at radius 3 is 2.50 bits per heavy atom. The molecule has 3 heteroatoms. The number of aryl methyl sites for hydroxylation is 1. The second-order valence-electron chi connectivity index (χ2n) is 4.52. The van der Waals surface area contributed by atoms with Crippen LogP contribution < -0.4 is 4.74 Å². The van der Waals surface area contributed by atoms with Gasteiger partial charge in [0.1, 0.15) is 11.5 Å². The van der Waals surface area contributed by atoms with E-state index in [-0.39, 0.29) is 0 Å². The minimum Gasteiger partial charge on any atom is -0.507 e. The average molecular weight is 268 g/mol. The molecule has 1 aromatic rings. The van der Waals surface area contributed by atoms with Crippen molar-refractivity contribution >= 4 is 11.8 Å². The average Bonchev–Trinajstić information content (AvgIpc) is 2.33. The normalized spacial score (nSPS) is 12.5. The molecular formula is C15H24O2S. The van der Waals surface area contributed by atoms with Gasteiger partial charge in [0.2, 0.25) is 0 Å². The van der Waals surface area contributed by atoms with E-state index in [1.807, 2.05) is 24.8 Å². The lowest BCUT2D eigenvalue weighted by atomic mass is 9.99. The van der Waals surface area contributed by atoms with Gasteiger partial charge in [0.25, 0.3) is 0 Å². The number of phenolic OH excluding ortho intramolecular Hbond substituents is 1. The van der Waals surface area contributed by atoms with Crippen molar-refractivity contribution in [2.24, 2.45) is 0 Å². The standard InChI is InChI=1S/C15H24O2S/c1-6-8-13(18-7-2)14-12(16)9-10(3)11(4)15(14)17-5/h9,13,16H,6-8H2,1-5H3. The van der Waals surface area contributed by atoms with Crippen molar-refractivity contribution in [3.8, 4) is 11.5 Å². The fraction of sp³-hybridized carbons (Fsp3) is 0.600. The van der Waals surface area contributed by atoms with Crippen LogP contribution in [0.1, 0.15) is 48.6 Å². The smallest absolute Gasteiger partial charge is 0.130 e. The minimum absolute atomic E-state index is 0.314. The molecule has 0 spiro atoms. The van der Waals surface area contributed by atoms with Crippen molar-refractivity contribution in [1.82, 2.24) is 0 Å². The highest BCUT2D eigenvalue weighted by molar-refractivity contribution is 7.99. The number of ether oxygens (including phenoxy) is 1. The molecule has 0 fully saturated rings. The van der Waals surface area contributed by atoms with Crippen molar-refractivity contribution in [3.63, 3.8) is 0 Å². The zero-order valence-electron chi connectivity index (χ0n) is 12.0. The summed E-state index contributed by atoms with van der Waals surface area (Å²) in [6, 6.07) is 1.85. The molecule has 1 aromatic carbocycles. The van der Waals surface area contributed by atoms with Crippen LogP contribution in [0.2, 0.25) is 0 Å². The maximum absolute atomic E-state index is 10.3. The Hall–Kier alpha value is -0.830. The molecule has 0 saturated carbocycles. The monoisotopic (exact) mass is 268 g/mol. The summed E-state index contributed by atoms with van der Waals surface area (Å²) in [7, 11) is 1.68. The Balaban J connectivity index is 3.31. The van der Waals surface area contributed by atoms with Crippen molar-refractivity contribution in [1.29, 1.82) is 0 Å². The zero-order chi connectivity index (χ0) is 13.7. The zero-order valence-corrected chi connectivity index (χ0v) is 12.9. The molecule has 0 bridgehead atoms. The fourth-order valence-electron chi connectivity index (χ4n) is 2.24. The molecule has 0 amide bonds. The van der Waals surface area contributed by atoms with Gasteiger partial charge in [0.05, 0.1) is 7.11 Å². The van der Waals surface area contributed by atoms with E-state index >= 15 is 0 Å². The second kappa shape index (κ2) is 6.93. The Morgan fingerprint density at radius 2 is 2.00 bits per heavy atom. The maximum Gasteiger partial charge on any atom is 0.130 e. The van der Waals surface area contributed by atoms with Gasteiger partial charge in [-0.1, -0.05) is 20.3 Å². The van der Waals surface area contributed by atoms with E-state index in [2.05, 4.69) is 20.8 Å². The first-order valence-electron chi connectivity index (χ1n) is 6.55. The molecule has 0 aliphatic carbocycles. The Morgan fingerprint density at radius 1 is 1.33 bits per heavy atom. The molecule has 1 unspecified atom stereocenters. The summed E-state index contributed by atoms with van der Waals surface area (Å²) < 4.78 is 5.54. The Kier molecular flexibility index (Phi) is 5.86. The third-order valence-electron chi connectivity index (χ3n) is 3.25. The summed E-state index contributed by atoms with van der Waals surface area (Å²) in [6.07, 6.45) is 2.16. The van der Waals surface area contributed by atoms with E-state index in [0.29, 0.717) is 11.0 Å². The summed E-state index contributed by atoms with van der Waals surface area (Å²) in [5, 5.41) is 10.6. The van der Waals surface area contributed by atoms with Gasteiger partial charge in [-0.05, 0) is 43.2 Å². The molecular weight excluding hydrogens is 244 g/mol. The van der Waals surface area contributed by atoms with E-state index in [0.717, 1.165) is 41.0 Å². The lowest BCUT2D eigenvalue weighted by molar-refractivity contribution is 0.394. The fourth-order valence-corrected chi connectivity index (χ4v) is 3.44. The van der Waals surface area contributed by atoms with Crippen LogP contribution in [0.4, 0.5) is 0 Å². The van der Waals surface area contributed by atoms with Gasteiger partial charge in [0, 0.05) is 10.8 Å². The van der Waals surface area contributed by atoms with Crippen LogP contribution in [0.25, 0.3) is 0 Å². The molecule has 1 N–H and O–H groups in total. The predicted molar refractivity (Wildman–Crippen MR) is 79.9 cm³/mol. The number of thioether (sulfide) groups is 1. The second-order valence-corrected chi connectivity index (χ2v) is 6.00. The number of benzene rings is 1. The van der Waals surface area contributed by atoms with Crippen molar-refractivity contribution in [2.75, 3.05) is 12.9 Å². The number of aromatic hydroxyl groups is 1. The largest absolute Gasteiger partial charge is 0.507 e. The van der Waals surface area contributed by atoms with E-state index in [1.54, 1.807) is 7.11 Å². The van der Waals surface area contributed by atoms with Gasteiger partial charge >= 0.3 is 0 Å². The van der Waals surface area contributed by atoms with E-state index in [9.17, 15) is 5.11 Å². The topological polar surface area (TPSA) is 29.5 Å². The molecule has 102 valence electrons. The van der Waals surface area contributed by atoms with Crippen LogP contribution in [0.3, 0.4) is 0 Å². The van der Waals surface area contributed by atoms with Crippen molar-refractivity contribution in [3.05, 3.63) is 22.8 Å². The third kappa shape index (κ3) is 3.14. The maximum atomic E-state index is 10.3. The molecule has 1 atom stereocenters. The third-order valence-corrected chi connectivity index (χ3v) is 4.46. The summed E-state index contributed by atoms with van der Waals surface area (Å²) in [4.78, 5) is 0. The van der Waals surface area contributed by atoms with Crippen molar-refractivity contribution in [2.45, 2.75) is 45.8 Å². The van der Waals surface area contributed by atoms with Crippen LogP contribution in [-0.4, -0.2) is 18.0 Å². The van der Waals surface area contributed by atoms with Crippen molar-refractivity contribution < 1.29 is 9.84 Å². The van der Waals surface area contributed by atoms with Gasteiger partial charge in [-0.15, -0.1) is 0 Å². The lowest BCUT2D eigenvalue weighted by Gasteiger charge is -2.22. The van der Waals surface area contributed by atoms with E-state index in [4.69, 9.17) is 4.74 Å². The minimum atomic E-state index is 0.314. The molecule has 0 aliphatic heterocycles. The van der Waals surface area contributed by atoms with Crippen LogP contribution in [0.5, 0.6) is 11.5 Å². The highest BCUT2D eigenvalue weighted by Crippen LogP contribution is 2.45. The summed E-state index contributed by atoms with van der Waals surface area (Å²) in [6.45, 7) is 8.38. The highest BCUT2D eigenvalue weighted by Gasteiger charge is 2.22. The summed E-state index contributed by atoms with van der Waals surface area (Å²) in [5.41, 5.74) is 3.17. The van der Waals surface area contributed by atoms with Gasteiger partial charge in [-0.3, -0.25) is 0 Å². The number of hydrogen-bond donors (Lipinski definition) is 1. The molecule has 2 nitrogen and oxygen atoms in total. The van der Waals surface area contributed by atoms with Gasteiger partial charge in [0.15, 0.2) is 0 Å². The number of rotatable bonds is 6. The van der Waals surface area contributed by atoms with Gasteiger partial charge in [-0.2, -0.15) is 11.8 Å². The summed E-state index contributed by atoms with van der Waals surface area (Å²) >= 11 is 1.87. The first-order chi connectivity index (χ1) is 8.56. The van der Waals surface area contributed by atoms with Crippen LogP contribution in [-0.2, 0) is 0 Å². The van der Waals surface area contributed by atoms with Gasteiger partial charge < -0.3 is 9.84 Å². The quantitative estimate of drug-likeness (QED) is 0.817. The predicted octanol–water partition coefficient (Wildman–Crippen LogP) is 4.61. The van der Waals surface area contributed by atoms with Crippen LogP contribution in [0, 0.1) is 13.8 Å². The molecule has 0 aliphatic rings. The number of hydrogen-bond acceptors (Lipinski definition) is 3. The number of methoxy groups -OCH3 is 1. The first-order valence-corrected chi connectivity index (χ1v) is 7.60. The van der Waals surface area contributed by atoms with E-state index in [1.165, 1.54) is 0 Å². The lowest BCUT2D eigenvalue weighted by Crippen LogP contribution is -2.02. The molecule has 0 aromatic heterocycles. The Labute approximate surface area is 115 Å². The van der Waals surface area contributed by atoms with Gasteiger partial charge in [-0.25, -0.2) is 0 Å². The molecule has 0 saturated heterocycles. The van der Waals surface area contributed by atoms with Crippen LogP contribution >= 0.6 is 11.8 Å². The SMILES string of the molecule is CCCC(SCC)c1c(O)cc(C)c(C)c1OC. The highest BCUT2D eigenvalue weighted by atomic mass is 32.2. The Bertz CT molecular complexity index is 396. The first kappa shape index (κ1) is 15.2. The molecule has 0 radical (unpaired) electrons. The van der Waals surface area contributed by atoms with Crippen LogP contribution in [0.15, 0.2) is 6.07 Å². The van der Waals surface area contributed by atoms with E-state index < -0.39 is 0 Å². The number of phenols is 1. The molecule has 1 rings (SSSR count).